The first-order chi connectivity index (χ1) is 8.65. The highest BCUT2D eigenvalue weighted by Gasteiger charge is 2.16. The summed E-state index contributed by atoms with van der Waals surface area (Å²) < 4.78 is 12.9. The van der Waals surface area contributed by atoms with Gasteiger partial charge in [-0.05, 0) is 51.3 Å². The highest BCUT2D eigenvalue weighted by molar-refractivity contribution is 9.13. The molecule has 6 heteroatoms. The van der Waals surface area contributed by atoms with Gasteiger partial charge in [-0.1, -0.05) is 6.92 Å². The van der Waals surface area contributed by atoms with Gasteiger partial charge in [0.2, 0.25) is 0 Å². The Morgan fingerprint density at radius 3 is 2.56 bits per heavy atom. The van der Waals surface area contributed by atoms with Gasteiger partial charge in [0, 0.05) is 10.0 Å². The second-order valence-electron chi connectivity index (χ2n) is 3.48. The Morgan fingerprint density at radius 2 is 2.00 bits per heavy atom. The van der Waals surface area contributed by atoms with Crippen LogP contribution in [0.2, 0.25) is 0 Å². The van der Waals surface area contributed by atoms with Crippen LogP contribution in [0.25, 0.3) is 0 Å². The summed E-state index contributed by atoms with van der Waals surface area (Å²) >= 11 is 6.98. The standard InChI is InChI=1S/C12H16Br2N2O2/c1-3-5-18-12-9(17-4-2)6-8(7-16-15)10(13)11(12)14/h6-7H,3-5,15H2,1-2H3. The number of halogens is 2. The topological polar surface area (TPSA) is 56.8 Å². The molecule has 0 unspecified atom stereocenters. The van der Waals surface area contributed by atoms with Gasteiger partial charge in [-0.15, -0.1) is 0 Å². The zero-order chi connectivity index (χ0) is 13.5. The maximum Gasteiger partial charge on any atom is 0.176 e. The quantitative estimate of drug-likeness (QED) is 0.465. The fourth-order valence-electron chi connectivity index (χ4n) is 1.38. The van der Waals surface area contributed by atoms with Crippen molar-refractivity contribution in [3.8, 4) is 11.5 Å². The molecule has 100 valence electrons. The Kier molecular flexibility index (Phi) is 6.49. The van der Waals surface area contributed by atoms with Crippen molar-refractivity contribution in [2.75, 3.05) is 13.2 Å². The van der Waals surface area contributed by atoms with Crippen molar-refractivity contribution < 1.29 is 9.47 Å². The van der Waals surface area contributed by atoms with E-state index in [9.17, 15) is 0 Å². The average molecular weight is 380 g/mol. The van der Waals surface area contributed by atoms with E-state index in [1.807, 2.05) is 13.0 Å². The summed E-state index contributed by atoms with van der Waals surface area (Å²) in [5.74, 6) is 6.55. The molecule has 0 saturated carbocycles. The number of ether oxygens (including phenoxy) is 2. The summed E-state index contributed by atoms with van der Waals surface area (Å²) in [7, 11) is 0. The van der Waals surface area contributed by atoms with Crippen LogP contribution >= 0.6 is 31.9 Å². The lowest BCUT2D eigenvalue weighted by Crippen LogP contribution is -2.03. The molecule has 0 atom stereocenters. The smallest absolute Gasteiger partial charge is 0.176 e. The Labute approximate surface area is 124 Å². The number of nitrogens with two attached hydrogens (primary N) is 1. The van der Waals surface area contributed by atoms with E-state index >= 15 is 0 Å². The molecule has 1 rings (SSSR count). The third kappa shape index (κ3) is 3.62. The zero-order valence-corrected chi connectivity index (χ0v) is 13.5. The molecule has 0 aliphatic rings. The summed E-state index contributed by atoms with van der Waals surface area (Å²) in [6.45, 7) is 5.18. The molecule has 0 bridgehead atoms. The minimum atomic E-state index is 0.565. The van der Waals surface area contributed by atoms with Crippen molar-refractivity contribution in [3.63, 3.8) is 0 Å². The molecule has 0 fully saturated rings. The van der Waals surface area contributed by atoms with Crippen LogP contribution in [0.1, 0.15) is 25.8 Å². The molecule has 0 radical (unpaired) electrons. The lowest BCUT2D eigenvalue weighted by atomic mass is 10.2. The second-order valence-corrected chi connectivity index (χ2v) is 5.07. The number of hydrogen-bond donors (Lipinski definition) is 1. The fraction of sp³-hybridized carbons (Fsp3) is 0.417. The van der Waals surface area contributed by atoms with E-state index in [-0.39, 0.29) is 0 Å². The molecule has 1 aromatic rings. The SMILES string of the molecule is CCCOc1c(OCC)cc(C=NN)c(Br)c1Br. The van der Waals surface area contributed by atoms with Crippen LogP contribution in [0.15, 0.2) is 20.1 Å². The van der Waals surface area contributed by atoms with Gasteiger partial charge < -0.3 is 15.3 Å². The highest BCUT2D eigenvalue weighted by Crippen LogP contribution is 2.42. The van der Waals surface area contributed by atoms with Crippen molar-refractivity contribution in [1.29, 1.82) is 0 Å². The summed E-state index contributed by atoms with van der Waals surface area (Å²) in [4.78, 5) is 0. The summed E-state index contributed by atoms with van der Waals surface area (Å²) in [6, 6.07) is 1.85. The molecule has 18 heavy (non-hydrogen) atoms. The summed E-state index contributed by atoms with van der Waals surface area (Å²) in [6.07, 6.45) is 2.49. The Balaban J connectivity index is 3.25. The van der Waals surface area contributed by atoms with E-state index in [4.69, 9.17) is 15.3 Å². The first kappa shape index (κ1) is 15.3. The Morgan fingerprint density at radius 1 is 1.28 bits per heavy atom. The van der Waals surface area contributed by atoms with Crippen LogP contribution in [-0.2, 0) is 0 Å². The molecule has 0 amide bonds. The maximum atomic E-state index is 5.71. The monoisotopic (exact) mass is 378 g/mol. The Bertz CT molecular complexity index is 437. The van der Waals surface area contributed by atoms with Gasteiger partial charge >= 0.3 is 0 Å². The van der Waals surface area contributed by atoms with E-state index in [0.29, 0.717) is 24.7 Å². The zero-order valence-electron chi connectivity index (χ0n) is 10.4. The first-order valence-corrected chi connectivity index (χ1v) is 7.25. The van der Waals surface area contributed by atoms with Gasteiger partial charge in [-0.3, -0.25) is 0 Å². The van der Waals surface area contributed by atoms with E-state index in [1.54, 1.807) is 6.21 Å². The molecule has 4 nitrogen and oxygen atoms in total. The molecule has 0 heterocycles. The van der Waals surface area contributed by atoms with Gasteiger partial charge in [0.25, 0.3) is 0 Å². The highest BCUT2D eigenvalue weighted by atomic mass is 79.9. The molecule has 0 aliphatic carbocycles. The van der Waals surface area contributed by atoms with Crippen molar-refractivity contribution in [2.24, 2.45) is 10.9 Å². The number of rotatable bonds is 6. The number of hydrazone groups is 1. The lowest BCUT2D eigenvalue weighted by Gasteiger charge is -2.15. The normalized spacial score (nSPS) is 10.9. The number of benzene rings is 1. The van der Waals surface area contributed by atoms with E-state index in [2.05, 4.69) is 43.9 Å². The van der Waals surface area contributed by atoms with E-state index < -0.39 is 0 Å². The average Bonchev–Trinajstić information content (AvgIpc) is 2.36. The minimum Gasteiger partial charge on any atom is -0.490 e. The Hall–Kier alpha value is -0.750. The van der Waals surface area contributed by atoms with Crippen molar-refractivity contribution in [1.82, 2.24) is 0 Å². The van der Waals surface area contributed by atoms with Crippen LogP contribution in [0.3, 0.4) is 0 Å². The third-order valence-corrected chi connectivity index (χ3v) is 4.26. The first-order valence-electron chi connectivity index (χ1n) is 5.66. The molecule has 1 aromatic carbocycles. The maximum absolute atomic E-state index is 5.71. The molecule has 0 aliphatic heterocycles. The van der Waals surface area contributed by atoms with Crippen molar-refractivity contribution >= 4 is 38.1 Å². The molecule has 0 saturated heterocycles. The van der Waals surface area contributed by atoms with Crippen LogP contribution in [0.4, 0.5) is 0 Å². The number of hydrogen-bond acceptors (Lipinski definition) is 4. The van der Waals surface area contributed by atoms with Crippen molar-refractivity contribution in [3.05, 3.63) is 20.6 Å². The van der Waals surface area contributed by atoms with Crippen LogP contribution < -0.4 is 15.3 Å². The van der Waals surface area contributed by atoms with Crippen LogP contribution in [-0.4, -0.2) is 19.4 Å². The van der Waals surface area contributed by atoms with E-state index in [0.717, 1.165) is 20.9 Å². The second kappa shape index (κ2) is 7.63. The number of nitrogens with zero attached hydrogens (tertiary/aromatic N) is 1. The lowest BCUT2D eigenvalue weighted by molar-refractivity contribution is 0.275. The van der Waals surface area contributed by atoms with Gasteiger partial charge in [-0.2, -0.15) is 5.10 Å². The van der Waals surface area contributed by atoms with Gasteiger partial charge in [0.15, 0.2) is 11.5 Å². The van der Waals surface area contributed by atoms with Gasteiger partial charge in [0.1, 0.15) is 0 Å². The van der Waals surface area contributed by atoms with Gasteiger partial charge in [-0.25, -0.2) is 0 Å². The van der Waals surface area contributed by atoms with Crippen LogP contribution in [0, 0.1) is 0 Å². The molecule has 0 spiro atoms. The molecular weight excluding hydrogens is 364 g/mol. The molecule has 2 N–H and O–H groups in total. The third-order valence-electron chi connectivity index (χ3n) is 2.12. The fourth-order valence-corrected chi connectivity index (χ4v) is 2.32. The molecular formula is C12H16Br2N2O2. The van der Waals surface area contributed by atoms with Crippen LogP contribution in [0.5, 0.6) is 11.5 Å². The van der Waals surface area contributed by atoms with Gasteiger partial charge in [0.05, 0.1) is 23.9 Å². The predicted molar refractivity (Wildman–Crippen MR) is 80.6 cm³/mol. The minimum absolute atomic E-state index is 0.565. The molecule has 0 aromatic heterocycles. The largest absolute Gasteiger partial charge is 0.490 e. The summed E-state index contributed by atoms with van der Waals surface area (Å²) in [5, 5.41) is 3.53. The predicted octanol–water partition coefficient (Wildman–Crippen LogP) is 3.69. The summed E-state index contributed by atoms with van der Waals surface area (Å²) in [5.41, 5.74) is 0.830. The van der Waals surface area contributed by atoms with Crippen molar-refractivity contribution in [2.45, 2.75) is 20.3 Å². The van der Waals surface area contributed by atoms with E-state index in [1.165, 1.54) is 0 Å².